The van der Waals surface area contributed by atoms with E-state index in [4.69, 9.17) is 14.8 Å². The van der Waals surface area contributed by atoms with Gasteiger partial charge in [0.2, 0.25) is 5.76 Å². The minimum Gasteiger partial charge on any atom is -0.475 e. The first kappa shape index (κ1) is 12.7. The Labute approximate surface area is 115 Å². The quantitative estimate of drug-likeness (QED) is 0.930. The molecule has 1 heterocycles. The van der Waals surface area contributed by atoms with Crippen LogP contribution in [0.2, 0.25) is 0 Å². The van der Waals surface area contributed by atoms with E-state index in [1.54, 1.807) is 24.3 Å². The second-order valence-electron chi connectivity index (χ2n) is 3.28. The predicted octanol–water partition coefficient (Wildman–Crippen LogP) is 3.76. The van der Waals surface area contributed by atoms with Gasteiger partial charge in [-0.1, -0.05) is 11.8 Å². The summed E-state index contributed by atoms with van der Waals surface area (Å²) in [7, 11) is 0. The molecule has 4 nitrogen and oxygen atoms in total. The van der Waals surface area contributed by atoms with Crippen molar-refractivity contribution < 1.29 is 14.3 Å². The van der Waals surface area contributed by atoms with E-state index < -0.39 is 5.97 Å². The van der Waals surface area contributed by atoms with Crippen molar-refractivity contribution >= 4 is 33.7 Å². The molecule has 1 N–H and O–H groups in total. The molecule has 90 valence electrons. The summed E-state index contributed by atoms with van der Waals surface area (Å²) in [4.78, 5) is 11.5. The molecule has 2 rings (SSSR count). The van der Waals surface area contributed by atoms with Crippen LogP contribution in [-0.4, -0.2) is 11.1 Å². The molecule has 1 aromatic heterocycles. The van der Waals surface area contributed by atoms with Crippen molar-refractivity contribution in [3.05, 3.63) is 46.1 Å². The van der Waals surface area contributed by atoms with Gasteiger partial charge in [-0.2, -0.15) is 5.26 Å². The fraction of sp³-hybridized carbons (Fsp3) is 0. The zero-order chi connectivity index (χ0) is 13.1. The van der Waals surface area contributed by atoms with Gasteiger partial charge < -0.3 is 9.52 Å². The van der Waals surface area contributed by atoms with E-state index in [1.165, 1.54) is 17.8 Å². The summed E-state index contributed by atoms with van der Waals surface area (Å²) >= 11 is 4.64. The third kappa shape index (κ3) is 2.75. The van der Waals surface area contributed by atoms with E-state index in [0.717, 1.165) is 9.37 Å². The lowest BCUT2D eigenvalue weighted by Gasteiger charge is -2.01. The number of carbonyl (C=O) groups is 1. The van der Waals surface area contributed by atoms with Gasteiger partial charge in [0.1, 0.15) is 0 Å². The lowest BCUT2D eigenvalue weighted by atomic mass is 10.2. The Morgan fingerprint density at radius 3 is 2.72 bits per heavy atom. The van der Waals surface area contributed by atoms with E-state index in [2.05, 4.69) is 15.9 Å². The minimum absolute atomic E-state index is 0.0951. The molecule has 1 aromatic carbocycles. The Morgan fingerprint density at radius 2 is 2.17 bits per heavy atom. The Kier molecular flexibility index (Phi) is 3.75. The van der Waals surface area contributed by atoms with Crippen LogP contribution in [0.4, 0.5) is 0 Å². The molecule has 0 aliphatic rings. The summed E-state index contributed by atoms with van der Waals surface area (Å²) in [5.74, 6) is -1.19. The van der Waals surface area contributed by atoms with Gasteiger partial charge in [0, 0.05) is 9.37 Å². The van der Waals surface area contributed by atoms with Crippen LogP contribution >= 0.6 is 27.7 Å². The van der Waals surface area contributed by atoms with Gasteiger partial charge >= 0.3 is 5.97 Å². The number of halogens is 1. The molecular weight excluding hydrogens is 318 g/mol. The fourth-order valence-corrected chi connectivity index (χ4v) is 2.65. The van der Waals surface area contributed by atoms with Gasteiger partial charge in [0.05, 0.1) is 11.6 Å². The van der Waals surface area contributed by atoms with E-state index in [1.807, 2.05) is 6.07 Å². The molecule has 0 bridgehead atoms. The van der Waals surface area contributed by atoms with Crippen molar-refractivity contribution in [1.29, 1.82) is 5.26 Å². The highest BCUT2D eigenvalue weighted by molar-refractivity contribution is 9.10. The van der Waals surface area contributed by atoms with Gasteiger partial charge in [0.25, 0.3) is 0 Å². The molecule has 0 aliphatic carbocycles. The molecule has 0 saturated carbocycles. The Hall–Kier alpha value is -1.71. The molecule has 0 unspecified atom stereocenters. The topological polar surface area (TPSA) is 74.2 Å². The van der Waals surface area contributed by atoms with E-state index in [0.29, 0.717) is 10.7 Å². The van der Waals surface area contributed by atoms with Crippen LogP contribution in [0.3, 0.4) is 0 Å². The minimum atomic E-state index is -1.10. The Bertz CT molecular complexity index is 645. The van der Waals surface area contributed by atoms with Crippen LogP contribution < -0.4 is 0 Å². The van der Waals surface area contributed by atoms with E-state index in [9.17, 15) is 4.79 Å². The fourth-order valence-electron chi connectivity index (χ4n) is 1.25. The Balaban J connectivity index is 2.23. The number of nitriles is 1. The number of rotatable bonds is 3. The first-order valence-electron chi connectivity index (χ1n) is 4.81. The number of hydrogen-bond donors (Lipinski definition) is 1. The highest BCUT2D eigenvalue weighted by Crippen LogP contribution is 2.34. The average molecular weight is 324 g/mol. The van der Waals surface area contributed by atoms with Crippen molar-refractivity contribution in [2.24, 2.45) is 0 Å². The summed E-state index contributed by atoms with van der Waals surface area (Å²) in [5.41, 5.74) is 0.553. The number of aromatic carboxylic acids is 1. The summed E-state index contributed by atoms with van der Waals surface area (Å²) < 4.78 is 5.90. The molecule has 0 fully saturated rings. The first-order chi connectivity index (χ1) is 8.60. The summed E-state index contributed by atoms with van der Waals surface area (Å²) in [6, 6.07) is 10.2. The summed E-state index contributed by atoms with van der Waals surface area (Å²) in [5, 5.41) is 18.0. The van der Waals surface area contributed by atoms with Gasteiger partial charge in [-0.05, 0) is 46.3 Å². The lowest BCUT2D eigenvalue weighted by Crippen LogP contribution is -1.91. The molecule has 0 spiro atoms. The standard InChI is InChI=1S/C12H6BrNO3S/c13-8-5-7(6-14)1-3-10(8)18-11-4-2-9(17-11)12(15)16/h1-5H,(H,15,16). The van der Waals surface area contributed by atoms with Gasteiger partial charge in [-0.25, -0.2) is 4.79 Å². The normalized spacial score (nSPS) is 10.0. The molecule has 6 heteroatoms. The third-order valence-electron chi connectivity index (χ3n) is 2.06. The number of carboxylic acids is 1. The number of carboxylic acid groups (broad SMARTS) is 1. The van der Waals surface area contributed by atoms with Crippen LogP contribution in [-0.2, 0) is 0 Å². The number of nitrogens with zero attached hydrogens (tertiary/aromatic N) is 1. The molecule has 0 aliphatic heterocycles. The van der Waals surface area contributed by atoms with E-state index >= 15 is 0 Å². The molecule has 0 radical (unpaired) electrons. The SMILES string of the molecule is N#Cc1ccc(Sc2ccc(C(=O)O)o2)c(Br)c1. The maximum Gasteiger partial charge on any atom is 0.371 e. The number of hydrogen-bond acceptors (Lipinski definition) is 4. The summed E-state index contributed by atoms with van der Waals surface area (Å²) in [6.07, 6.45) is 0. The highest BCUT2D eigenvalue weighted by Gasteiger charge is 2.11. The van der Waals surface area contributed by atoms with Crippen molar-refractivity contribution in [2.45, 2.75) is 9.99 Å². The third-order valence-corrected chi connectivity index (χ3v) is 3.98. The monoisotopic (exact) mass is 323 g/mol. The maximum atomic E-state index is 10.7. The molecule has 2 aromatic rings. The molecular formula is C12H6BrNO3S. The van der Waals surface area contributed by atoms with Gasteiger partial charge in [0.15, 0.2) is 5.09 Å². The number of furan rings is 1. The van der Waals surface area contributed by atoms with Crippen LogP contribution in [0.1, 0.15) is 16.1 Å². The molecule has 18 heavy (non-hydrogen) atoms. The van der Waals surface area contributed by atoms with Gasteiger partial charge in [-0.15, -0.1) is 0 Å². The lowest BCUT2D eigenvalue weighted by molar-refractivity contribution is 0.0656. The van der Waals surface area contributed by atoms with Crippen molar-refractivity contribution in [3.8, 4) is 6.07 Å². The van der Waals surface area contributed by atoms with E-state index in [-0.39, 0.29) is 5.76 Å². The zero-order valence-corrected chi connectivity index (χ0v) is 11.3. The van der Waals surface area contributed by atoms with Crippen LogP contribution in [0.15, 0.2) is 49.2 Å². The van der Waals surface area contributed by atoms with Crippen molar-refractivity contribution in [1.82, 2.24) is 0 Å². The van der Waals surface area contributed by atoms with Crippen LogP contribution in [0.5, 0.6) is 0 Å². The summed E-state index contributed by atoms with van der Waals surface area (Å²) in [6.45, 7) is 0. The predicted molar refractivity (Wildman–Crippen MR) is 68.6 cm³/mol. The average Bonchev–Trinajstić information content (AvgIpc) is 2.80. The largest absolute Gasteiger partial charge is 0.475 e. The molecule has 0 atom stereocenters. The number of benzene rings is 1. The molecule has 0 amide bonds. The maximum absolute atomic E-state index is 10.7. The van der Waals surface area contributed by atoms with Crippen LogP contribution in [0, 0.1) is 11.3 Å². The van der Waals surface area contributed by atoms with Crippen molar-refractivity contribution in [2.75, 3.05) is 0 Å². The highest BCUT2D eigenvalue weighted by atomic mass is 79.9. The zero-order valence-electron chi connectivity index (χ0n) is 8.88. The molecule has 0 saturated heterocycles. The first-order valence-corrected chi connectivity index (χ1v) is 6.42. The van der Waals surface area contributed by atoms with Crippen LogP contribution in [0.25, 0.3) is 0 Å². The second-order valence-corrected chi connectivity index (χ2v) is 5.18. The second kappa shape index (κ2) is 5.29. The van der Waals surface area contributed by atoms with Gasteiger partial charge in [-0.3, -0.25) is 0 Å². The van der Waals surface area contributed by atoms with Crippen molar-refractivity contribution in [3.63, 3.8) is 0 Å². The Morgan fingerprint density at radius 1 is 1.39 bits per heavy atom. The smallest absolute Gasteiger partial charge is 0.371 e.